The van der Waals surface area contributed by atoms with Gasteiger partial charge in [0.25, 0.3) is 16.8 Å². The highest BCUT2D eigenvalue weighted by Crippen LogP contribution is 2.32. The lowest BCUT2D eigenvalue weighted by molar-refractivity contribution is -0.384. The monoisotopic (exact) mass is 411 g/mol. The van der Waals surface area contributed by atoms with E-state index >= 15 is 0 Å². The maximum absolute atomic E-state index is 12.6. The lowest BCUT2D eigenvalue weighted by Crippen LogP contribution is -2.36. The Morgan fingerprint density at radius 3 is 2.48 bits per heavy atom. The van der Waals surface area contributed by atoms with Gasteiger partial charge in [-0.05, 0) is 48.4 Å². The van der Waals surface area contributed by atoms with Crippen LogP contribution >= 0.6 is 11.8 Å². The van der Waals surface area contributed by atoms with Crippen molar-refractivity contribution in [2.75, 3.05) is 11.9 Å². The average molecular weight is 411 g/mol. The molecule has 3 amide bonds. The molecule has 0 aliphatic carbocycles. The Balaban J connectivity index is 1.74. The van der Waals surface area contributed by atoms with Gasteiger partial charge in [0.15, 0.2) is 0 Å². The Labute approximate surface area is 170 Å². The molecular weight excluding hydrogens is 394 g/mol. The minimum atomic E-state index is -0.608. The van der Waals surface area contributed by atoms with Gasteiger partial charge in [-0.3, -0.25) is 29.4 Å². The minimum Gasteiger partial charge on any atom is -0.324 e. The third-order valence-corrected chi connectivity index (χ3v) is 5.21. The van der Waals surface area contributed by atoms with Gasteiger partial charge in [-0.25, -0.2) is 0 Å². The number of aryl methyl sites for hydroxylation is 2. The summed E-state index contributed by atoms with van der Waals surface area (Å²) in [4.78, 5) is 48.5. The van der Waals surface area contributed by atoms with Crippen LogP contribution in [0.25, 0.3) is 6.08 Å². The first-order chi connectivity index (χ1) is 13.8. The van der Waals surface area contributed by atoms with Crippen molar-refractivity contribution in [3.63, 3.8) is 0 Å². The zero-order valence-electron chi connectivity index (χ0n) is 15.7. The van der Waals surface area contributed by atoms with E-state index in [2.05, 4.69) is 5.32 Å². The molecule has 148 valence electrons. The van der Waals surface area contributed by atoms with E-state index < -0.39 is 28.5 Å². The van der Waals surface area contributed by atoms with Crippen LogP contribution in [0.2, 0.25) is 0 Å². The van der Waals surface area contributed by atoms with Crippen molar-refractivity contribution in [3.05, 3.63) is 74.2 Å². The van der Waals surface area contributed by atoms with Crippen molar-refractivity contribution in [1.82, 2.24) is 4.90 Å². The number of thioether (sulfide) groups is 1. The molecule has 0 atom stereocenters. The van der Waals surface area contributed by atoms with E-state index in [4.69, 9.17) is 0 Å². The summed E-state index contributed by atoms with van der Waals surface area (Å²) in [5, 5.41) is 13.1. The van der Waals surface area contributed by atoms with E-state index in [-0.39, 0.29) is 10.6 Å². The van der Waals surface area contributed by atoms with E-state index in [1.165, 1.54) is 24.3 Å². The molecule has 0 aromatic heterocycles. The molecule has 1 fully saturated rings. The number of para-hydroxylation sites is 1. The average Bonchev–Trinajstić information content (AvgIpc) is 2.92. The zero-order valence-corrected chi connectivity index (χ0v) is 16.5. The second-order valence-corrected chi connectivity index (χ2v) is 7.43. The van der Waals surface area contributed by atoms with Gasteiger partial charge in [-0.15, -0.1) is 0 Å². The van der Waals surface area contributed by atoms with Gasteiger partial charge in [-0.2, -0.15) is 0 Å². The Morgan fingerprint density at radius 2 is 1.83 bits per heavy atom. The van der Waals surface area contributed by atoms with Crippen molar-refractivity contribution in [3.8, 4) is 0 Å². The molecule has 0 bridgehead atoms. The van der Waals surface area contributed by atoms with Crippen molar-refractivity contribution in [2.45, 2.75) is 13.8 Å². The highest BCUT2D eigenvalue weighted by atomic mass is 32.2. The number of amides is 3. The van der Waals surface area contributed by atoms with Crippen LogP contribution in [0.3, 0.4) is 0 Å². The molecule has 3 rings (SSSR count). The molecule has 1 heterocycles. The molecule has 1 aliphatic rings. The third-order valence-electron chi connectivity index (χ3n) is 4.30. The minimum absolute atomic E-state index is 0.107. The third kappa shape index (κ3) is 4.52. The summed E-state index contributed by atoms with van der Waals surface area (Å²) < 4.78 is 0. The fourth-order valence-corrected chi connectivity index (χ4v) is 3.69. The Morgan fingerprint density at radius 1 is 1.17 bits per heavy atom. The molecule has 1 saturated heterocycles. The number of carbonyl (C=O) groups is 3. The van der Waals surface area contributed by atoms with Crippen LogP contribution in [0.4, 0.5) is 16.2 Å². The zero-order chi connectivity index (χ0) is 21.1. The van der Waals surface area contributed by atoms with Crippen LogP contribution < -0.4 is 5.32 Å². The van der Waals surface area contributed by atoms with Crippen LogP contribution in [-0.2, 0) is 9.59 Å². The number of hydrogen-bond donors (Lipinski definition) is 1. The number of non-ortho nitro benzene ring substituents is 1. The molecule has 0 unspecified atom stereocenters. The van der Waals surface area contributed by atoms with Crippen molar-refractivity contribution in [2.24, 2.45) is 0 Å². The van der Waals surface area contributed by atoms with Gasteiger partial charge in [0, 0.05) is 17.8 Å². The number of nitro benzene ring substituents is 1. The van der Waals surface area contributed by atoms with Crippen LogP contribution in [0.15, 0.2) is 47.4 Å². The van der Waals surface area contributed by atoms with E-state index in [0.717, 1.165) is 16.0 Å². The van der Waals surface area contributed by atoms with Gasteiger partial charge < -0.3 is 5.32 Å². The fourth-order valence-electron chi connectivity index (χ4n) is 2.85. The molecule has 1 aliphatic heterocycles. The summed E-state index contributed by atoms with van der Waals surface area (Å²) in [6.07, 6.45) is 1.40. The van der Waals surface area contributed by atoms with Gasteiger partial charge in [0.2, 0.25) is 5.91 Å². The predicted octanol–water partition coefficient (Wildman–Crippen LogP) is 3.89. The molecule has 0 radical (unpaired) electrons. The second-order valence-electron chi connectivity index (χ2n) is 6.43. The summed E-state index contributed by atoms with van der Waals surface area (Å²) in [7, 11) is 0. The predicted molar refractivity (Wildman–Crippen MR) is 110 cm³/mol. The molecule has 2 aromatic rings. The first-order valence-corrected chi connectivity index (χ1v) is 9.44. The number of nitrogens with one attached hydrogen (secondary N) is 1. The smallest absolute Gasteiger partial charge is 0.294 e. The SMILES string of the molecule is Cc1cccc(C)c1NC(=O)CN1C(=O)S/C(=C/c2cccc([N+](=O)[O-])c2)C1=O. The molecular formula is C20H17N3O5S. The van der Waals surface area contributed by atoms with E-state index in [0.29, 0.717) is 23.0 Å². The van der Waals surface area contributed by atoms with Gasteiger partial charge in [-0.1, -0.05) is 30.3 Å². The summed E-state index contributed by atoms with van der Waals surface area (Å²) in [6.45, 7) is 3.29. The quantitative estimate of drug-likeness (QED) is 0.454. The molecule has 8 nitrogen and oxygen atoms in total. The maximum atomic E-state index is 12.6. The molecule has 2 aromatic carbocycles. The number of benzene rings is 2. The first-order valence-electron chi connectivity index (χ1n) is 8.62. The van der Waals surface area contributed by atoms with Gasteiger partial charge >= 0.3 is 0 Å². The largest absolute Gasteiger partial charge is 0.324 e. The van der Waals surface area contributed by atoms with Crippen molar-refractivity contribution < 1.29 is 19.3 Å². The van der Waals surface area contributed by atoms with Crippen LogP contribution in [0.1, 0.15) is 16.7 Å². The van der Waals surface area contributed by atoms with Gasteiger partial charge in [0.1, 0.15) is 6.54 Å². The molecule has 0 spiro atoms. The first kappa shape index (κ1) is 20.3. The second kappa shape index (κ2) is 8.27. The number of anilines is 1. The topological polar surface area (TPSA) is 110 Å². The van der Waals surface area contributed by atoms with Crippen molar-refractivity contribution in [1.29, 1.82) is 0 Å². The van der Waals surface area contributed by atoms with E-state index in [1.807, 2.05) is 32.0 Å². The summed E-state index contributed by atoms with van der Waals surface area (Å²) >= 11 is 0.694. The van der Waals surface area contributed by atoms with Crippen molar-refractivity contribution >= 4 is 46.3 Å². The molecule has 0 saturated carbocycles. The molecule has 1 N–H and O–H groups in total. The standard InChI is InChI=1S/C20H17N3O5S/c1-12-5-3-6-13(2)18(12)21-17(24)11-22-19(25)16(29-20(22)26)10-14-7-4-8-15(9-14)23(27)28/h3-10H,11H2,1-2H3,(H,21,24)/b16-10+. The van der Waals surface area contributed by atoms with E-state index in [9.17, 15) is 24.5 Å². The number of rotatable bonds is 5. The fraction of sp³-hybridized carbons (Fsp3) is 0.150. The molecule has 9 heteroatoms. The number of hydrogen-bond acceptors (Lipinski definition) is 6. The number of imide groups is 1. The Bertz CT molecular complexity index is 1040. The lowest BCUT2D eigenvalue weighted by Gasteiger charge is -2.15. The Kier molecular flexibility index (Phi) is 5.79. The van der Waals surface area contributed by atoms with Crippen LogP contribution in [0.5, 0.6) is 0 Å². The lowest BCUT2D eigenvalue weighted by atomic mass is 10.1. The highest BCUT2D eigenvalue weighted by molar-refractivity contribution is 8.18. The van der Waals surface area contributed by atoms with Crippen LogP contribution in [0, 0.1) is 24.0 Å². The Hall–Kier alpha value is -3.46. The van der Waals surface area contributed by atoms with E-state index in [1.54, 1.807) is 6.07 Å². The highest BCUT2D eigenvalue weighted by Gasteiger charge is 2.36. The number of nitrogens with zero attached hydrogens (tertiary/aromatic N) is 2. The number of nitro groups is 1. The maximum Gasteiger partial charge on any atom is 0.294 e. The molecule has 29 heavy (non-hydrogen) atoms. The van der Waals surface area contributed by atoms with Gasteiger partial charge in [0.05, 0.1) is 9.83 Å². The number of carbonyl (C=O) groups excluding carboxylic acids is 3. The summed E-state index contributed by atoms with van der Waals surface area (Å²) in [5.74, 6) is -1.09. The summed E-state index contributed by atoms with van der Waals surface area (Å²) in [5.41, 5.74) is 2.70. The van der Waals surface area contributed by atoms with Crippen LogP contribution in [-0.4, -0.2) is 33.4 Å². The normalized spacial score (nSPS) is 15.1. The summed E-state index contributed by atoms with van der Waals surface area (Å²) in [6, 6.07) is 11.3.